The minimum atomic E-state index is -0.231. The van der Waals surface area contributed by atoms with Crippen LogP contribution < -0.4 is 10.6 Å². The van der Waals surface area contributed by atoms with Crippen molar-refractivity contribution in [1.29, 1.82) is 0 Å². The molecule has 0 aliphatic carbocycles. The van der Waals surface area contributed by atoms with Gasteiger partial charge < -0.3 is 10.6 Å². The van der Waals surface area contributed by atoms with Gasteiger partial charge in [0.15, 0.2) is 5.11 Å². The van der Waals surface area contributed by atoms with E-state index in [-0.39, 0.29) is 5.82 Å². The molecule has 2 saturated heterocycles. The van der Waals surface area contributed by atoms with Gasteiger partial charge in [-0.15, -0.1) is 0 Å². The first kappa shape index (κ1) is 16.7. The van der Waals surface area contributed by atoms with Gasteiger partial charge in [-0.1, -0.05) is 13.3 Å². The van der Waals surface area contributed by atoms with Crippen LogP contribution in [-0.4, -0.2) is 34.7 Å². The molecule has 126 valence electrons. The summed E-state index contributed by atoms with van der Waals surface area (Å²) in [5.74, 6) is -0.231. The summed E-state index contributed by atoms with van der Waals surface area (Å²) >= 11 is 5.43. The molecular weight excluding hydrogens is 309 g/mol. The van der Waals surface area contributed by atoms with Crippen molar-refractivity contribution in [3.63, 3.8) is 0 Å². The molecule has 2 aliphatic heterocycles. The van der Waals surface area contributed by atoms with E-state index < -0.39 is 0 Å². The first-order valence-electron chi connectivity index (χ1n) is 8.74. The maximum atomic E-state index is 12.9. The molecule has 2 aliphatic rings. The minimum absolute atomic E-state index is 0.231. The van der Waals surface area contributed by atoms with Crippen LogP contribution >= 0.6 is 12.2 Å². The predicted molar refractivity (Wildman–Crippen MR) is 97.2 cm³/mol. The molecule has 2 bridgehead atoms. The van der Waals surface area contributed by atoms with Gasteiger partial charge in [0.1, 0.15) is 5.82 Å². The summed E-state index contributed by atoms with van der Waals surface area (Å²) in [5.41, 5.74) is 0.826. The Morgan fingerprint density at radius 1 is 1.22 bits per heavy atom. The number of hydrogen-bond donors (Lipinski definition) is 2. The summed E-state index contributed by atoms with van der Waals surface area (Å²) in [7, 11) is 0. The van der Waals surface area contributed by atoms with Crippen molar-refractivity contribution < 1.29 is 4.39 Å². The maximum absolute atomic E-state index is 12.9. The van der Waals surface area contributed by atoms with Crippen LogP contribution in [0.5, 0.6) is 0 Å². The highest BCUT2D eigenvalue weighted by Gasteiger charge is 2.37. The van der Waals surface area contributed by atoms with Gasteiger partial charge in [0, 0.05) is 23.8 Å². The summed E-state index contributed by atoms with van der Waals surface area (Å²) in [4.78, 5) is 2.72. The number of hydrogen-bond acceptors (Lipinski definition) is 2. The van der Waals surface area contributed by atoms with Crippen LogP contribution in [0.2, 0.25) is 0 Å². The molecule has 2 N–H and O–H groups in total. The Morgan fingerprint density at radius 3 is 2.48 bits per heavy atom. The third kappa shape index (κ3) is 4.21. The fraction of sp³-hybridized carbons (Fsp3) is 0.611. The van der Waals surface area contributed by atoms with Crippen molar-refractivity contribution in [2.45, 2.75) is 63.6 Å². The molecule has 2 atom stereocenters. The Morgan fingerprint density at radius 2 is 1.87 bits per heavy atom. The lowest BCUT2D eigenvalue weighted by molar-refractivity contribution is 0.0284. The van der Waals surface area contributed by atoms with E-state index in [4.69, 9.17) is 12.2 Å². The Bertz CT molecular complexity index is 520. The number of nitrogens with one attached hydrogen (secondary N) is 2. The van der Waals surface area contributed by atoms with Crippen LogP contribution in [0, 0.1) is 5.82 Å². The van der Waals surface area contributed by atoms with Crippen LogP contribution in [0.15, 0.2) is 24.3 Å². The topological polar surface area (TPSA) is 27.3 Å². The lowest BCUT2D eigenvalue weighted by Crippen LogP contribution is -2.57. The Hall–Kier alpha value is -1.20. The van der Waals surface area contributed by atoms with Crippen molar-refractivity contribution in [2.24, 2.45) is 0 Å². The van der Waals surface area contributed by atoms with Crippen molar-refractivity contribution in [1.82, 2.24) is 10.2 Å². The number of anilines is 1. The summed E-state index contributed by atoms with van der Waals surface area (Å²) < 4.78 is 12.9. The number of benzene rings is 1. The first-order chi connectivity index (χ1) is 11.2. The highest BCUT2D eigenvalue weighted by atomic mass is 32.1. The number of thiocarbonyl (C=S) groups is 1. The van der Waals surface area contributed by atoms with Crippen molar-refractivity contribution in [3.8, 4) is 0 Å². The molecule has 0 saturated carbocycles. The number of halogens is 1. The first-order valence-corrected chi connectivity index (χ1v) is 9.15. The molecule has 2 heterocycles. The lowest BCUT2D eigenvalue weighted by Gasteiger charge is -2.49. The molecular formula is C18H26FN3S. The van der Waals surface area contributed by atoms with Crippen molar-refractivity contribution >= 4 is 23.0 Å². The number of nitrogens with zero attached hydrogens (tertiary/aromatic N) is 1. The third-order valence-corrected chi connectivity index (χ3v) is 5.26. The molecule has 23 heavy (non-hydrogen) atoms. The summed E-state index contributed by atoms with van der Waals surface area (Å²) in [6, 6.07) is 8.15. The van der Waals surface area contributed by atoms with Gasteiger partial charge in [0.25, 0.3) is 0 Å². The third-order valence-electron chi connectivity index (χ3n) is 5.05. The monoisotopic (exact) mass is 335 g/mol. The fourth-order valence-electron chi connectivity index (χ4n) is 4.11. The predicted octanol–water partition coefficient (Wildman–Crippen LogP) is 3.91. The van der Waals surface area contributed by atoms with Gasteiger partial charge in [-0.25, -0.2) is 4.39 Å². The van der Waals surface area contributed by atoms with Gasteiger partial charge in [-0.3, -0.25) is 4.90 Å². The van der Waals surface area contributed by atoms with Crippen LogP contribution in [0.3, 0.4) is 0 Å². The van der Waals surface area contributed by atoms with Crippen molar-refractivity contribution in [2.75, 3.05) is 11.9 Å². The summed E-state index contributed by atoms with van der Waals surface area (Å²) in [5, 5.41) is 7.27. The van der Waals surface area contributed by atoms with Gasteiger partial charge in [0.2, 0.25) is 0 Å². The molecule has 0 aromatic heterocycles. The number of piperidine rings is 2. The molecule has 3 nitrogen and oxygen atoms in total. The van der Waals surface area contributed by atoms with Crippen LogP contribution in [0.1, 0.15) is 45.4 Å². The second kappa shape index (κ2) is 7.58. The van der Waals surface area contributed by atoms with Crippen LogP contribution in [0.25, 0.3) is 0 Å². The zero-order valence-corrected chi connectivity index (χ0v) is 14.5. The second-order valence-corrected chi connectivity index (χ2v) is 7.16. The molecule has 2 unspecified atom stereocenters. The normalized spacial score (nSPS) is 27.5. The van der Waals surface area contributed by atoms with E-state index in [0.717, 1.165) is 5.69 Å². The smallest absolute Gasteiger partial charge is 0.170 e. The van der Waals surface area contributed by atoms with E-state index in [9.17, 15) is 4.39 Å². The number of rotatable bonds is 4. The van der Waals surface area contributed by atoms with E-state index in [1.54, 1.807) is 12.1 Å². The van der Waals surface area contributed by atoms with Crippen LogP contribution in [-0.2, 0) is 0 Å². The molecule has 0 radical (unpaired) electrons. The standard InChI is InChI=1S/C18H26FN3S/c1-2-10-22-16-4-3-5-17(22)12-15(11-16)21-18(23)20-14-8-6-13(19)7-9-14/h6-9,15-17H,2-5,10-12H2,1H3,(H2,20,21,23). The molecule has 0 spiro atoms. The molecule has 1 aromatic rings. The zero-order chi connectivity index (χ0) is 16.2. The fourth-order valence-corrected chi connectivity index (χ4v) is 4.39. The van der Waals surface area contributed by atoms with E-state index >= 15 is 0 Å². The van der Waals surface area contributed by atoms with Gasteiger partial charge >= 0.3 is 0 Å². The average molecular weight is 335 g/mol. The van der Waals surface area contributed by atoms with Crippen molar-refractivity contribution in [3.05, 3.63) is 30.1 Å². The highest BCUT2D eigenvalue weighted by Crippen LogP contribution is 2.34. The quantitative estimate of drug-likeness (QED) is 0.816. The molecule has 0 amide bonds. The summed E-state index contributed by atoms with van der Waals surface area (Å²) in [6.45, 7) is 3.49. The van der Waals surface area contributed by atoms with Crippen LogP contribution in [0.4, 0.5) is 10.1 Å². The summed E-state index contributed by atoms with van der Waals surface area (Å²) in [6.07, 6.45) is 7.55. The lowest BCUT2D eigenvalue weighted by atomic mass is 9.81. The van der Waals surface area contributed by atoms with E-state index in [2.05, 4.69) is 22.5 Å². The Balaban J connectivity index is 1.54. The molecule has 5 heteroatoms. The van der Waals surface area contributed by atoms with E-state index in [0.29, 0.717) is 23.2 Å². The number of fused-ring (bicyclic) bond motifs is 2. The second-order valence-electron chi connectivity index (χ2n) is 6.75. The average Bonchev–Trinajstić information content (AvgIpc) is 2.50. The minimum Gasteiger partial charge on any atom is -0.360 e. The SMILES string of the molecule is CCCN1C2CCCC1CC(NC(=S)Nc1ccc(F)cc1)C2. The van der Waals surface area contributed by atoms with Gasteiger partial charge in [-0.2, -0.15) is 0 Å². The molecule has 2 fully saturated rings. The Labute approximate surface area is 143 Å². The maximum Gasteiger partial charge on any atom is 0.170 e. The van der Waals surface area contributed by atoms with E-state index in [1.165, 1.54) is 57.2 Å². The Kier molecular flexibility index (Phi) is 5.49. The van der Waals surface area contributed by atoms with E-state index in [1.807, 2.05) is 0 Å². The van der Waals surface area contributed by atoms with Gasteiger partial charge in [-0.05, 0) is 75.1 Å². The molecule has 3 rings (SSSR count). The molecule has 1 aromatic carbocycles. The highest BCUT2D eigenvalue weighted by molar-refractivity contribution is 7.80. The largest absolute Gasteiger partial charge is 0.360 e. The van der Waals surface area contributed by atoms with Gasteiger partial charge in [0.05, 0.1) is 0 Å². The zero-order valence-electron chi connectivity index (χ0n) is 13.7.